The summed E-state index contributed by atoms with van der Waals surface area (Å²) >= 11 is 3.54. The number of rotatable bonds is 4. The lowest BCUT2D eigenvalue weighted by Crippen LogP contribution is -2.43. The van der Waals surface area contributed by atoms with Gasteiger partial charge in [0.2, 0.25) is 0 Å². The summed E-state index contributed by atoms with van der Waals surface area (Å²) in [7, 11) is 1.73. The third kappa shape index (κ3) is 3.56. The zero-order chi connectivity index (χ0) is 14.8. The highest BCUT2D eigenvalue weighted by Crippen LogP contribution is 2.42. The second-order valence-corrected chi connectivity index (χ2v) is 7.58. The van der Waals surface area contributed by atoms with Gasteiger partial charge >= 0.3 is 0 Å². The minimum absolute atomic E-state index is 0.202. The van der Waals surface area contributed by atoms with Crippen LogP contribution in [-0.4, -0.2) is 13.2 Å². The summed E-state index contributed by atoms with van der Waals surface area (Å²) in [5, 5.41) is 0. The first kappa shape index (κ1) is 15.8. The van der Waals surface area contributed by atoms with Gasteiger partial charge in [-0.05, 0) is 54.4 Å². The summed E-state index contributed by atoms with van der Waals surface area (Å²) in [4.78, 5) is 0. The third-order valence-corrected chi connectivity index (χ3v) is 5.30. The van der Waals surface area contributed by atoms with Crippen LogP contribution in [0.1, 0.15) is 45.1 Å². The Bertz CT molecular complexity index is 458. The summed E-state index contributed by atoms with van der Waals surface area (Å²) in [5.74, 6) is 1.54. The molecule has 1 saturated carbocycles. The smallest absolute Gasteiger partial charge is 0.122 e. The second kappa shape index (κ2) is 6.48. The molecule has 0 bridgehead atoms. The van der Waals surface area contributed by atoms with Crippen LogP contribution in [0.5, 0.6) is 5.75 Å². The molecule has 0 aromatic heterocycles. The molecule has 20 heavy (non-hydrogen) atoms. The Morgan fingerprint density at radius 2 is 2.15 bits per heavy atom. The first-order chi connectivity index (χ1) is 9.44. The summed E-state index contributed by atoms with van der Waals surface area (Å²) in [5.41, 5.74) is 8.12. The van der Waals surface area contributed by atoms with E-state index in [9.17, 15) is 0 Å². The van der Waals surface area contributed by atoms with Gasteiger partial charge in [-0.15, -0.1) is 0 Å². The van der Waals surface area contributed by atoms with Crippen molar-refractivity contribution >= 4 is 15.9 Å². The molecule has 2 rings (SSSR count). The first-order valence-electron chi connectivity index (χ1n) is 7.52. The van der Waals surface area contributed by atoms with E-state index in [1.54, 1.807) is 7.11 Å². The number of ether oxygens (including phenoxy) is 1. The van der Waals surface area contributed by atoms with Crippen molar-refractivity contribution in [3.63, 3.8) is 0 Å². The Kier molecular flexibility index (Phi) is 5.14. The number of halogens is 1. The van der Waals surface area contributed by atoms with Crippen molar-refractivity contribution in [3.8, 4) is 5.75 Å². The van der Waals surface area contributed by atoms with E-state index < -0.39 is 0 Å². The van der Waals surface area contributed by atoms with E-state index in [2.05, 4.69) is 35.8 Å². The standard InChI is InChI=1S/C17H26BrNO/c1-17(2)9-5-4-6-14(17)15(19)11-12-10-13(18)7-8-16(12)20-3/h7-8,10,14-15H,4-6,9,11,19H2,1-3H3. The lowest BCUT2D eigenvalue weighted by atomic mass is 9.65. The molecule has 1 aliphatic rings. The van der Waals surface area contributed by atoms with E-state index in [4.69, 9.17) is 10.5 Å². The van der Waals surface area contributed by atoms with Gasteiger partial charge < -0.3 is 10.5 Å². The van der Waals surface area contributed by atoms with Crippen LogP contribution in [0.2, 0.25) is 0 Å². The molecule has 0 saturated heterocycles. The third-order valence-electron chi connectivity index (χ3n) is 4.80. The molecule has 0 heterocycles. The molecule has 3 heteroatoms. The average Bonchev–Trinajstić information content (AvgIpc) is 2.38. The summed E-state index contributed by atoms with van der Waals surface area (Å²) in [6.07, 6.45) is 6.09. The van der Waals surface area contributed by atoms with Crippen LogP contribution >= 0.6 is 15.9 Å². The van der Waals surface area contributed by atoms with Crippen LogP contribution in [0, 0.1) is 11.3 Å². The summed E-state index contributed by atoms with van der Waals surface area (Å²) < 4.78 is 6.55. The first-order valence-corrected chi connectivity index (χ1v) is 8.31. The molecule has 1 aromatic carbocycles. The van der Waals surface area contributed by atoms with Crippen molar-refractivity contribution in [2.24, 2.45) is 17.1 Å². The molecular weight excluding hydrogens is 314 g/mol. The minimum atomic E-state index is 0.202. The highest BCUT2D eigenvalue weighted by Gasteiger charge is 2.36. The van der Waals surface area contributed by atoms with E-state index in [1.807, 2.05) is 12.1 Å². The molecule has 2 nitrogen and oxygen atoms in total. The molecule has 1 aromatic rings. The van der Waals surface area contributed by atoms with Gasteiger partial charge in [-0.3, -0.25) is 0 Å². The monoisotopic (exact) mass is 339 g/mol. The van der Waals surface area contributed by atoms with Gasteiger partial charge in [0.25, 0.3) is 0 Å². The van der Waals surface area contributed by atoms with Gasteiger partial charge in [-0.25, -0.2) is 0 Å². The molecule has 2 unspecified atom stereocenters. The maximum absolute atomic E-state index is 6.56. The zero-order valence-electron chi connectivity index (χ0n) is 12.8. The van der Waals surface area contributed by atoms with E-state index in [0.29, 0.717) is 11.3 Å². The van der Waals surface area contributed by atoms with Crippen molar-refractivity contribution in [2.45, 2.75) is 52.0 Å². The maximum Gasteiger partial charge on any atom is 0.122 e. The predicted molar refractivity (Wildman–Crippen MR) is 88.1 cm³/mol. The van der Waals surface area contributed by atoms with Crippen LogP contribution in [0.3, 0.4) is 0 Å². The SMILES string of the molecule is COc1ccc(Br)cc1CC(N)C1CCCCC1(C)C. The van der Waals surface area contributed by atoms with E-state index >= 15 is 0 Å². The van der Waals surface area contributed by atoms with Gasteiger partial charge in [0.05, 0.1) is 7.11 Å². The van der Waals surface area contributed by atoms with Gasteiger partial charge in [0.1, 0.15) is 5.75 Å². The fourth-order valence-corrected chi connectivity index (χ4v) is 4.03. The van der Waals surface area contributed by atoms with Gasteiger partial charge in [0, 0.05) is 10.5 Å². The molecule has 112 valence electrons. The predicted octanol–water partition coefficient (Wildman–Crippen LogP) is 4.54. The normalized spacial score (nSPS) is 23.4. The van der Waals surface area contributed by atoms with Crippen LogP contribution in [0.15, 0.2) is 22.7 Å². The Morgan fingerprint density at radius 3 is 2.80 bits per heavy atom. The Balaban J connectivity index is 2.14. The molecule has 1 aliphatic carbocycles. The molecule has 0 aliphatic heterocycles. The van der Waals surface area contributed by atoms with Gasteiger partial charge in [0.15, 0.2) is 0 Å². The van der Waals surface area contributed by atoms with E-state index in [-0.39, 0.29) is 6.04 Å². The van der Waals surface area contributed by atoms with Crippen molar-refractivity contribution < 1.29 is 4.74 Å². The number of benzene rings is 1. The van der Waals surface area contributed by atoms with Crippen LogP contribution in [0.25, 0.3) is 0 Å². The van der Waals surface area contributed by atoms with Crippen molar-refractivity contribution in [1.29, 1.82) is 0 Å². The van der Waals surface area contributed by atoms with Crippen molar-refractivity contribution in [1.82, 2.24) is 0 Å². The lowest BCUT2D eigenvalue weighted by molar-refractivity contribution is 0.112. The Labute approximate surface area is 131 Å². The van der Waals surface area contributed by atoms with Crippen molar-refractivity contribution in [2.75, 3.05) is 7.11 Å². The quantitative estimate of drug-likeness (QED) is 0.873. The van der Waals surface area contributed by atoms with E-state index in [0.717, 1.165) is 16.6 Å². The van der Waals surface area contributed by atoms with Crippen LogP contribution < -0.4 is 10.5 Å². The highest BCUT2D eigenvalue weighted by molar-refractivity contribution is 9.10. The molecule has 0 spiro atoms. The molecule has 0 radical (unpaired) electrons. The number of hydrogen-bond donors (Lipinski definition) is 1. The lowest BCUT2D eigenvalue weighted by Gasteiger charge is -2.42. The average molecular weight is 340 g/mol. The topological polar surface area (TPSA) is 35.2 Å². The largest absolute Gasteiger partial charge is 0.496 e. The number of methoxy groups -OCH3 is 1. The second-order valence-electron chi connectivity index (χ2n) is 6.67. The van der Waals surface area contributed by atoms with Crippen LogP contribution in [0.4, 0.5) is 0 Å². The fourth-order valence-electron chi connectivity index (χ4n) is 3.62. The highest BCUT2D eigenvalue weighted by atomic mass is 79.9. The summed E-state index contributed by atoms with van der Waals surface area (Å²) in [6.45, 7) is 4.74. The molecular formula is C17H26BrNO. The fraction of sp³-hybridized carbons (Fsp3) is 0.647. The van der Waals surface area contributed by atoms with Crippen molar-refractivity contribution in [3.05, 3.63) is 28.2 Å². The van der Waals surface area contributed by atoms with Gasteiger partial charge in [-0.2, -0.15) is 0 Å². The Morgan fingerprint density at radius 1 is 1.40 bits per heavy atom. The molecule has 1 fully saturated rings. The number of nitrogens with two attached hydrogens (primary N) is 1. The zero-order valence-corrected chi connectivity index (χ0v) is 14.4. The molecule has 2 atom stereocenters. The van der Waals surface area contributed by atoms with E-state index in [1.165, 1.54) is 31.2 Å². The Hall–Kier alpha value is -0.540. The van der Waals surface area contributed by atoms with Gasteiger partial charge in [-0.1, -0.05) is 42.6 Å². The van der Waals surface area contributed by atoms with Crippen LogP contribution in [-0.2, 0) is 6.42 Å². The molecule has 2 N–H and O–H groups in total. The minimum Gasteiger partial charge on any atom is -0.496 e. The summed E-state index contributed by atoms with van der Waals surface area (Å²) in [6, 6.07) is 6.36. The molecule has 0 amide bonds. The number of hydrogen-bond acceptors (Lipinski definition) is 2. The maximum atomic E-state index is 6.56.